The second-order valence-corrected chi connectivity index (χ2v) is 9.48. The van der Waals surface area contributed by atoms with Crippen LogP contribution in [0.4, 0.5) is 5.69 Å². The number of nitrogens with zero attached hydrogens (tertiary/aromatic N) is 2. The van der Waals surface area contributed by atoms with Gasteiger partial charge in [0, 0.05) is 24.9 Å². The van der Waals surface area contributed by atoms with Gasteiger partial charge >= 0.3 is 0 Å². The Kier molecular flexibility index (Phi) is 7.61. The zero-order valence-electron chi connectivity index (χ0n) is 17.6. The van der Waals surface area contributed by atoms with Gasteiger partial charge < -0.3 is 4.90 Å². The van der Waals surface area contributed by atoms with Gasteiger partial charge in [-0.25, -0.2) is 13.1 Å². The minimum Gasteiger partial charge on any atom is -0.312 e. The average Bonchev–Trinajstić information content (AvgIpc) is 3.05. The van der Waals surface area contributed by atoms with Crippen LogP contribution in [0, 0.1) is 11.3 Å². The van der Waals surface area contributed by atoms with E-state index >= 15 is 0 Å². The van der Waals surface area contributed by atoms with Gasteiger partial charge in [-0.3, -0.25) is 4.79 Å². The Balaban J connectivity index is 1.64. The Labute approximate surface area is 184 Å². The number of hydrogen-bond donors (Lipinski definition) is 1. The van der Waals surface area contributed by atoms with Gasteiger partial charge in [-0.15, -0.1) is 0 Å². The number of nitriles is 1. The van der Waals surface area contributed by atoms with Crippen molar-refractivity contribution in [3.05, 3.63) is 65.7 Å². The molecular weight excluding hydrogens is 410 g/mol. The summed E-state index contributed by atoms with van der Waals surface area (Å²) in [6.07, 6.45) is 9.29. The fraction of sp³-hybridized carbons (Fsp3) is 0.333. The van der Waals surface area contributed by atoms with Crippen molar-refractivity contribution in [2.24, 2.45) is 0 Å². The van der Waals surface area contributed by atoms with Crippen molar-refractivity contribution in [3.63, 3.8) is 0 Å². The number of anilines is 1. The molecule has 1 amide bonds. The van der Waals surface area contributed by atoms with Crippen molar-refractivity contribution in [2.45, 2.75) is 49.5 Å². The first-order chi connectivity index (χ1) is 14.9. The standard InChI is InChI=1S/C24H27N3O3S/c1-27(24(28)17-12-19-8-10-20(18-25)11-9-19)22-13-15-23(16-14-22)31(29,30)26-21-6-4-2-3-5-7-21/h8-17,21,26H,2-7H2,1H3. The summed E-state index contributed by atoms with van der Waals surface area (Å²) in [5.41, 5.74) is 1.97. The summed E-state index contributed by atoms with van der Waals surface area (Å²) in [5.74, 6) is -0.239. The fourth-order valence-electron chi connectivity index (χ4n) is 3.61. The van der Waals surface area contributed by atoms with Crippen molar-refractivity contribution < 1.29 is 13.2 Å². The van der Waals surface area contributed by atoms with Crippen LogP contribution in [0.1, 0.15) is 49.7 Å². The molecule has 1 N–H and O–H groups in total. The highest BCUT2D eigenvalue weighted by Gasteiger charge is 2.21. The van der Waals surface area contributed by atoms with Crippen molar-refractivity contribution in [1.29, 1.82) is 5.26 Å². The van der Waals surface area contributed by atoms with Gasteiger partial charge in [0.1, 0.15) is 0 Å². The molecule has 6 nitrogen and oxygen atoms in total. The van der Waals surface area contributed by atoms with Crippen molar-refractivity contribution in [1.82, 2.24) is 4.72 Å². The molecule has 1 saturated carbocycles. The lowest BCUT2D eigenvalue weighted by molar-refractivity contribution is -0.113. The quantitative estimate of drug-likeness (QED) is 0.541. The number of carbonyl (C=O) groups is 1. The number of rotatable bonds is 6. The highest BCUT2D eigenvalue weighted by atomic mass is 32.2. The van der Waals surface area contributed by atoms with Gasteiger partial charge in [-0.05, 0) is 60.9 Å². The molecule has 0 radical (unpaired) electrons. The first-order valence-corrected chi connectivity index (χ1v) is 12.0. The Morgan fingerprint density at radius 3 is 2.23 bits per heavy atom. The van der Waals surface area contributed by atoms with Crippen LogP contribution in [0.25, 0.3) is 6.08 Å². The minimum absolute atomic E-state index is 0.0104. The number of likely N-dealkylation sites (N-methyl/N-ethyl adjacent to an activating group) is 1. The van der Waals surface area contributed by atoms with Crippen LogP contribution < -0.4 is 9.62 Å². The number of nitrogens with one attached hydrogen (secondary N) is 1. The lowest BCUT2D eigenvalue weighted by Gasteiger charge is -2.18. The summed E-state index contributed by atoms with van der Waals surface area (Å²) in [6.45, 7) is 0. The Hall–Kier alpha value is -2.95. The molecule has 0 aliphatic heterocycles. The molecule has 7 heteroatoms. The number of hydrogen-bond acceptors (Lipinski definition) is 4. The molecule has 0 aromatic heterocycles. The minimum atomic E-state index is -3.58. The van der Waals surface area contributed by atoms with Crippen LogP contribution >= 0.6 is 0 Å². The number of amides is 1. The third-order valence-corrected chi connectivity index (χ3v) is 7.04. The summed E-state index contributed by atoms with van der Waals surface area (Å²) in [6, 6.07) is 15.3. The van der Waals surface area contributed by atoms with E-state index in [1.54, 1.807) is 49.5 Å². The van der Waals surface area contributed by atoms with Crippen LogP contribution in [0.15, 0.2) is 59.5 Å². The number of benzene rings is 2. The Bertz CT molecular complexity index is 1060. The lowest BCUT2D eigenvalue weighted by atomic mass is 10.1. The molecule has 1 fully saturated rings. The van der Waals surface area contributed by atoms with Gasteiger partial charge in [0.25, 0.3) is 5.91 Å². The van der Waals surface area contributed by atoms with E-state index in [9.17, 15) is 13.2 Å². The van der Waals surface area contributed by atoms with E-state index in [-0.39, 0.29) is 16.8 Å². The van der Waals surface area contributed by atoms with E-state index in [1.807, 2.05) is 0 Å². The first-order valence-electron chi connectivity index (χ1n) is 10.5. The van der Waals surface area contributed by atoms with E-state index in [0.717, 1.165) is 44.1 Å². The van der Waals surface area contributed by atoms with E-state index < -0.39 is 10.0 Å². The van der Waals surface area contributed by atoms with Crippen molar-refractivity contribution in [3.8, 4) is 6.07 Å². The van der Waals surface area contributed by atoms with Gasteiger partial charge in [-0.1, -0.05) is 37.8 Å². The largest absolute Gasteiger partial charge is 0.312 e. The van der Waals surface area contributed by atoms with Gasteiger partial charge in [-0.2, -0.15) is 5.26 Å². The van der Waals surface area contributed by atoms with E-state index in [4.69, 9.17) is 5.26 Å². The summed E-state index contributed by atoms with van der Waals surface area (Å²) in [7, 11) is -1.94. The monoisotopic (exact) mass is 437 g/mol. The maximum atomic E-state index is 12.7. The molecule has 3 rings (SSSR count). The second kappa shape index (κ2) is 10.4. The molecule has 1 aliphatic rings. The molecule has 1 aliphatic carbocycles. The van der Waals surface area contributed by atoms with E-state index in [0.29, 0.717) is 11.3 Å². The molecule has 31 heavy (non-hydrogen) atoms. The van der Waals surface area contributed by atoms with Gasteiger partial charge in [0.05, 0.1) is 16.5 Å². The predicted molar refractivity (Wildman–Crippen MR) is 122 cm³/mol. The Morgan fingerprint density at radius 2 is 1.65 bits per heavy atom. The fourth-order valence-corrected chi connectivity index (χ4v) is 4.91. The summed E-state index contributed by atoms with van der Waals surface area (Å²) in [5, 5.41) is 8.84. The molecule has 0 atom stereocenters. The summed E-state index contributed by atoms with van der Waals surface area (Å²) in [4.78, 5) is 14.1. The van der Waals surface area contributed by atoms with E-state index in [1.165, 1.54) is 23.1 Å². The van der Waals surface area contributed by atoms with E-state index in [2.05, 4.69) is 10.8 Å². The van der Waals surface area contributed by atoms with Crippen LogP contribution in [-0.2, 0) is 14.8 Å². The molecule has 0 saturated heterocycles. The highest BCUT2D eigenvalue weighted by molar-refractivity contribution is 7.89. The maximum absolute atomic E-state index is 12.7. The molecule has 162 valence electrons. The molecular formula is C24H27N3O3S. The normalized spacial score (nSPS) is 15.4. The molecule has 0 heterocycles. The maximum Gasteiger partial charge on any atom is 0.250 e. The topological polar surface area (TPSA) is 90.3 Å². The molecule has 0 spiro atoms. The number of sulfonamides is 1. The average molecular weight is 438 g/mol. The van der Waals surface area contributed by atoms with Crippen LogP contribution in [-0.4, -0.2) is 27.4 Å². The Morgan fingerprint density at radius 1 is 1.03 bits per heavy atom. The van der Waals surface area contributed by atoms with Crippen LogP contribution in [0.3, 0.4) is 0 Å². The third kappa shape index (κ3) is 6.27. The van der Waals surface area contributed by atoms with Crippen LogP contribution in [0.2, 0.25) is 0 Å². The third-order valence-electron chi connectivity index (χ3n) is 5.50. The van der Waals surface area contributed by atoms with Crippen molar-refractivity contribution in [2.75, 3.05) is 11.9 Å². The zero-order valence-corrected chi connectivity index (χ0v) is 18.4. The van der Waals surface area contributed by atoms with Crippen LogP contribution in [0.5, 0.6) is 0 Å². The summed E-state index contributed by atoms with van der Waals surface area (Å²) < 4.78 is 28.2. The molecule has 2 aromatic rings. The van der Waals surface area contributed by atoms with Crippen molar-refractivity contribution >= 4 is 27.7 Å². The first kappa shape index (κ1) is 22.7. The predicted octanol–water partition coefficient (Wildman–Crippen LogP) is 4.24. The zero-order chi connectivity index (χ0) is 22.3. The number of carbonyl (C=O) groups excluding carboxylic acids is 1. The highest BCUT2D eigenvalue weighted by Crippen LogP contribution is 2.21. The van der Waals surface area contributed by atoms with Gasteiger partial charge in [0.2, 0.25) is 10.0 Å². The SMILES string of the molecule is CN(C(=O)C=Cc1ccc(C#N)cc1)c1ccc(S(=O)(=O)NC2CCCCCC2)cc1. The smallest absolute Gasteiger partial charge is 0.250 e. The summed E-state index contributed by atoms with van der Waals surface area (Å²) >= 11 is 0. The van der Waals surface area contributed by atoms with Gasteiger partial charge in [0.15, 0.2) is 0 Å². The molecule has 2 aromatic carbocycles. The molecule has 0 bridgehead atoms. The lowest BCUT2D eigenvalue weighted by Crippen LogP contribution is -2.34. The molecule has 0 unspecified atom stereocenters. The second-order valence-electron chi connectivity index (χ2n) is 7.77.